The Hall–Kier alpha value is -2.11. The number of nitrogens with one attached hydrogen (secondary N) is 1. The largest absolute Gasteiger partial charge is 0.444 e. The number of hydrogen-bond acceptors (Lipinski definition) is 4. The van der Waals surface area contributed by atoms with Crippen molar-refractivity contribution in [1.82, 2.24) is 5.32 Å². The zero-order chi connectivity index (χ0) is 14.5. The Morgan fingerprint density at radius 2 is 1.95 bits per heavy atom. The van der Waals surface area contributed by atoms with Gasteiger partial charge in [0.1, 0.15) is 11.6 Å². The quantitative estimate of drug-likeness (QED) is 0.670. The summed E-state index contributed by atoms with van der Waals surface area (Å²) in [4.78, 5) is 21.9. The maximum atomic E-state index is 11.7. The van der Waals surface area contributed by atoms with Crippen LogP contribution < -0.4 is 5.32 Å². The summed E-state index contributed by atoms with van der Waals surface area (Å²) in [5, 5.41) is 13.2. The predicted molar refractivity (Wildman–Crippen MR) is 70.4 cm³/mol. The first-order valence-electron chi connectivity index (χ1n) is 5.94. The molecule has 0 aliphatic rings. The summed E-state index contributed by atoms with van der Waals surface area (Å²) in [6, 6.07) is 8.08. The van der Waals surface area contributed by atoms with Crippen molar-refractivity contribution in [3.63, 3.8) is 0 Å². The van der Waals surface area contributed by atoms with Gasteiger partial charge in [0.25, 0.3) is 0 Å². The van der Waals surface area contributed by atoms with E-state index in [0.717, 1.165) is 0 Å². The number of nitrogens with zero attached hydrogens (tertiary/aromatic N) is 1. The standard InChI is InChI=1S/C13H18N2O4/c1-13(2,3)19-12(16)14-11(9-15(17)18)10-7-5-4-6-8-10/h4-8,11H,9H2,1-3H3,(H,14,16)/t11-/m1/s1. The van der Waals surface area contributed by atoms with E-state index in [-0.39, 0.29) is 6.54 Å². The van der Waals surface area contributed by atoms with Crippen molar-refractivity contribution in [3.8, 4) is 0 Å². The molecule has 0 aromatic heterocycles. The van der Waals surface area contributed by atoms with Crippen LogP contribution in [0.2, 0.25) is 0 Å². The lowest BCUT2D eigenvalue weighted by molar-refractivity contribution is -0.484. The molecule has 6 nitrogen and oxygen atoms in total. The van der Waals surface area contributed by atoms with E-state index < -0.39 is 22.7 Å². The summed E-state index contributed by atoms with van der Waals surface area (Å²) in [5.74, 6) is 0. The molecule has 0 heterocycles. The van der Waals surface area contributed by atoms with Crippen LogP contribution in [0.15, 0.2) is 30.3 Å². The third kappa shape index (κ3) is 5.85. The summed E-state index contributed by atoms with van der Waals surface area (Å²) in [7, 11) is 0. The van der Waals surface area contributed by atoms with E-state index >= 15 is 0 Å². The van der Waals surface area contributed by atoms with E-state index in [1.165, 1.54) is 0 Å². The van der Waals surface area contributed by atoms with Gasteiger partial charge in [0.05, 0.1) is 0 Å². The third-order valence-corrected chi connectivity index (χ3v) is 2.22. The molecule has 0 bridgehead atoms. The SMILES string of the molecule is CC(C)(C)OC(=O)N[C@H](C[N+](=O)[O-])c1ccccc1. The van der Waals surface area contributed by atoms with Crippen LogP contribution in [0.5, 0.6) is 0 Å². The van der Waals surface area contributed by atoms with Gasteiger partial charge in [0.15, 0.2) is 0 Å². The van der Waals surface area contributed by atoms with Crippen molar-refractivity contribution >= 4 is 6.09 Å². The van der Waals surface area contributed by atoms with Crippen LogP contribution in [0.4, 0.5) is 4.79 Å². The molecule has 104 valence electrons. The van der Waals surface area contributed by atoms with Crippen LogP contribution in [0, 0.1) is 10.1 Å². The second-order valence-electron chi connectivity index (χ2n) is 5.12. The molecule has 1 rings (SSSR count). The molecule has 0 saturated heterocycles. The van der Waals surface area contributed by atoms with Gasteiger partial charge in [-0.2, -0.15) is 0 Å². The molecule has 0 saturated carbocycles. The molecule has 1 aromatic rings. The van der Waals surface area contributed by atoms with E-state index in [1.807, 2.05) is 0 Å². The molecule has 0 unspecified atom stereocenters. The van der Waals surface area contributed by atoms with Crippen molar-refractivity contribution in [2.75, 3.05) is 6.54 Å². The van der Waals surface area contributed by atoms with E-state index in [4.69, 9.17) is 4.74 Å². The highest BCUT2D eigenvalue weighted by Gasteiger charge is 2.23. The molecule has 0 spiro atoms. The lowest BCUT2D eigenvalue weighted by Gasteiger charge is -2.22. The number of amides is 1. The van der Waals surface area contributed by atoms with E-state index in [9.17, 15) is 14.9 Å². The van der Waals surface area contributed by atoms with Crippen molar-refractivity contribution < 1.29 is 14.5 Å². The second-order valence-corrected chi connectivity index (χ2v) is 5.12. The lowest BCUT2D eigenvalue weighted by atomic mass is 10.1. The van der Waals surface area contributed by atoms with Gasteiger partial charge in [-0.05, 0) is 26.3 Å². The summed E-state index contributed by atoms with van der Waals surface area (Å²) < 4.78 is 5.10. The van der Waals surface area contributed by atoms with Crippen LogP contribution in [0.1, 0.15) is 32.4 Å². The smallest absolute Gasteiger partial charge is 0.408 e. The molecule has 19 heavy (non-hydrogen) atoms. The fourth-order valence-corrected chi connectivity index (χ4v) is 1.52. The van der Waals surface area contributed by atoms with Crippen molar-refractivity contribution in [2.45, 2.75) is 32.4 Å². The fraction of sp³-hybridized carbons (Fsp3) is 0.462. The van der Waals surface area contributed by atoms with Gasteiger partial charge in [-0.3, -0.25) is 10.1 Å². The number of ether oxygens (including phenoxy) is 1. The average molecular weight is 266 g/mol. The molecular formula is C13H18N2O4. The molecule has 1 aromatic carbocycles. The van der Waals surface area contributed by atoms with Gasteiger partial charge in [-0.15, -0.1) is 0 Å². The first-order chi connectivity index (χ1) is 8.78. The number of carbonyl (C=O) groups excluding carboxylic acids is 1. The van der Waals surface area contributed by atoms with Crippen LogP contribution in [-0.2, 0) is 4.74 Å². The Kier molecular flexibility index (Phi) is 4.86. The predicted octanol–water partition coefficient (Wildman–Crippen LogP) is 2.53. The molecule has 0 radical (unpaired) electrons. The number of alkyl carbamates (subject to hydrolysis) is 1. The lowest BCUT2D eigenvalue weighted by Crippen LogP contribution is -2.37. The number of hydrogen-bond donors (Lipinski definition) is 1. The highest BCUT2D eigenvalue weighted by Crippen LogP contribution is 2.14. The van der Waals surface area contributed by atoms with E-state index in [0.29, 0.717) is 5.56 Å². The number of benzene rings is 1. The first kappa shape index (κ1) is 14.9. The molecule has 1 N–H and O–H groups in total. The van der Waals surface area contributed by atoms with E-state index in [1.54, 1.807) is 51.1 Å². The van der Waals surface area contributed by atoms with Gasteiger partial charge < -0.3 is 10.1 Å². The normalized spacial score (nSPS) is 12.6. The summed E-state index contributed by atoms with van der Waals surface area (Å²) in [6.45, 7) is 4.82. The molecule has 0 fully saturated rings. The molecule has 0 aliphatic carbocycles. The van der Waals surface area contributed by atoms with Gasteiger partial charge >= 0.3 is 6.09 Å². The zero-order valence-electron chi connectivity index (χ0n) is 11.3. The van der Waals surface area contributed by atoms with Gasteiger partial charge in [-0.1, -0.05) is 30.3 Å². The van der Waals surface area contributed by atoms with Crippen molar-refractivity contribution in [3.05, 3.63) is 46.0 Å². The van der Waals surface area contributed by atoms with Crippen LogP contribution in [-0.4, -0.2) is 23.2 Å². The van der Waals surface area contributed by atoms with E-state index in [2.05, 4.69) is 5.32 Å². The Balaban J connectivity index is 2.76. The average Bonchev–Trinajstić information content (AvgIpc) is 2.26. The van der Waals surface area contributed by atoms with Gasteiger partial charge in [0.2, 0.25) is 6.54 Å². The Labute approximate surface area is 111 Å². The van der Waals surface area contributed by atoms with Crippen LogP contribution in [0.3, 0.4) is 0 Å². The highest BCUT2D eigenvalue weighted by atomic mass is 16.6. The number of nitro groups is 1. The van der Waals surface area contributed by atoms with Crippen molar-refractivity contribution in [2.24, 2.45) is 0 Å². The van der Waals surface area contributed by atoms with Crippen LogP contribution in [0.25, 0.3) is 0 Å². The Morgan fingerprint density at radius 1 is 1.37 bits per heavy atom. The third-order valence-electron chi connectivity index (χ3n) is 2.22. The first-order valence-corrected chi connectivity index (χ1v) is 5.94. The molecule has 1 atom stereocenters. The monoisotopic (exact) mass is 266 g/mol. The maximum absolute atomic E-state index is 11.7. The Morgan fingerprint density at radius 3 is 2.42 bits per heavy atom. The number of carbonyl (C=O) groups is 1. The van der Waals surface area contributed by atoms with Crippen LogP contribution >= 0.6 is 0 Å². The Bertz CT molecular complexity index is 440. The van der Waals surface area contributed by atoms with Gasteiger partial charge in [-0.25, -0.2) is 4.79 Å². The fourth-order valence-electron chi connectivity index (χ4n) is 1.52. The minimum Gasteiger partial charge on any atom is -0.444 e. The maximum Gasteiger partial charge on any atom is 0.408 e. The minimum atomic E-state index is -0.703. The minimum absolute atomic E-state index is 0.386. The summed E-state index contributed by atoms with van der Waals surface area (Å²) in [5.41, 5.74) is 0.0324. The van der Waals surface area contributed by atoms with Gasteiger partial charge in [0, 0.05) is 4.92 Å². The second kappa shape index (κ2) is 6.17. The molecule has 1 amide bonds. The molecule has 0 aliphatic heterocycles. The topological polar surface area (TPSA) is 81.5 Å². The number of rotatable bonds is 4. The molecular weight excluding hydrogens is 248 g/mol. The summed E-state index contributed by atoms with van der Waals surface area (Å²) in [6.07, 6.45) is -0.664. The summed E-state index contributed by atoms with van der Waals surface area (Å²) >= 11 is 0. The highest BCUT2D eigenvalue weighted by molar-refractivity contribution is 5.68. The molecule has 6 heteroatoms. The zero-order valence-corrected chi connectivity index (χ0v) is 11.3. The van der Waals surface area contributed by atoms with Crippen molar-refractivity contribution in [1.29, 1.82) is 0 Å².